The SMILES string of the molecule is CC(=O)N1CCN(C(=O)CCCNC(C)C)CC1. The van der Waals surface area contributed by atoms with Gasteiger partial charge in [-0.05, 0) is 13.0 Å². The molecule has 5 nitrogen and oxygen atoms in total. The number of piperazine rings is 1. The minimum atomic E-state index is 0.100. The van der Waals surface area contributed by atoms with Crippen LogP contribution in [0.5, 0.6) is 0 Å². The summed E-state index contributed by atoms with van der Waals surface area (Å²) in [5.41, 5.74) is 0. The Balaban J connectivity index is 2.18. The first-order valence-electron chi connectivity index (χ1n) is 6.77. The van der Waals surface area contributed by atoms with Gasteiger partial charge in [0.25, 0.3) is 0 Å². The lowest BCUT2D eigenvalue weighted by atomic mass is 10.2. The molecule has 0 saturated carbocycles. The fraction of sp³-hybridized carbons (Fsp3) is 0.846. The fourth-order valence-electron chi connectivity index (χ4n) is 2.06. The topological polar surface area (TPSA) is 52.7 Å². The summed E-state index contributed by atoms with van der Waals surface area (Å²) < 4.78 is 0. The predicted molar refractivity (Wildman–Crippen MR) is 71.2 cm³/mol. The van der Waals surface area contributed by atoms with Crippen LogP contribution >= 0.6 is 0 Å². The van der Waals surface area contributed by atoms with E-state index < -0.39 is 0 Å². The molecular formula is C13H25N3O2. The molecule has 2 amide bonds. The minimum absolute atomic E-state index is 0.100. The van der Waals surface area contributed by atoms with Gasteiger partial charge in [0.15, 0.2) is 0 Å². The van der Waals surface area contributed by atoms with Gasteiger partial charge in [-0.15, -0.1) is 0 Å². The second kappa shape index (κ2) is 7.36. The molecule has 0 spiro atoms. The Morgan fingerprint density at radius 2 is 1.67 bits per heavy atom. The van der Waals surface area contributed by atoms with E-state index in [9.17, 15) is 9.59 Å². The van der Waals surface area contributed by atoms with Crippen LogP contribution in [0, 0.1) is 0 Å². The number of hydrogen-bond acceptors (Lipinski definition) is 3. The zero-order chi connectivity index (χ0) is 13.5. The van der Waals surface area contributed by atoms with Gasteiger partial charge in [-0.3, -0.25) is 9.59 Å². The molecule has 1 N–H and O–H groups in total. The number of carbonyl (C=O) groups is 2. The highest BCUT2D eigenvalue weighted by atomic mass is 16.2. The van der Waals surface area contributed by atoms with Gasteiger partial charge in [-0.2, -0.15) is 0 Å². The molecule has 5 heteroatoms. The Labute approximate surface area is 110 Å². The largest absolute Gasteiger partial charge is 0.339 e. The standard InChI is InChI=1S/C13H25N3O2/c1-11(2)14-6-4-5-13(18)16-9-7-15(8-10-16)12(3)17/h11,14H,4-10H2,1-3H3. The highest BCUT2D eigenvalue weighted by Gasteiger charge is 2.21. The Morgan fingerprint density at radius 3 is 2.17 bits per heavy atom. The number of amides is 2. The van der Waals surface area contributed by atoms with E-state index in [1.54, 1.807) is 11.8 Å². The number of rotatable bonds is 5. The number of nitrogens with zero attached hydrogens (tertiary/aromatic N) is 2. The highest BCUT2D eigenvalue weighted by Crippen LogP contribution is 2.05. The summed E-state index contributed by atoms with van der Waals surface area (Å²) >= 11 is 0. The highest BCUT2D eigenvalue weighted by molar-refractivity contribution is 5.77. The van der Waals surface area contributed by atoms with Gasteiger partial charge < -0.3 is 15.1 Å². The van der Waals surface area contributed by atoms with Crippen LogP contribution in [0.4, 0.5) is 0 Å². The van der Waals surface area contributed by atoms with Gasteiger partial charge in [0.2, 0.25) is 11.8 Å². The molecular weight excluding hydrogens is 230 g/mol. The average molecular weight is 255 g/mol. The van der Waals surface area contributed by atoms with E-state index in [4.69, 9.17) is 0 Å². The zero-order valence-corrected chi connectivity index (χ0v) is 11.7. The maximum Gasteiger partial charge on any atom is 0.222 e. The van der Waals surface area contributed by atoms with Gasteiger partial charge in [0.1, 0.15) is 0 Å². The lowest BCUT2D eigenvalue weighted by molar-refractivity contribution is -0.138. The number of carbonyl (C=O) groups excluding carboxylic acids is 2. The Bertz CT molecular complexity index is 284. The van der Waals surface area contributed by atoms with E-state index in [1.807, 2.05) is 4.90 Å². The van der Waals surface area contributed by atoms with Crippen molar-refractivity contribution in [2.75, 3.05) is 32.7 Å². The van der Waals surface area contributed by atoms with E-state index in [-0.39, 0.29) is 11.8 Å². The Morgan fingerprint density at radius 1 is 1.11 bits per heavy atom. The molecule has 0 bridgehead atoms. The van der Waals surface area contributed by atoms with Crippen molar-refractivity contribution in [3.05, 3.63) is 0 Å². The van der Waals surface area contributed by atoms with Crippen molar-refractivity contribution in [2.45, 2.75) is 39.7 Å². The van der Waals surface area contributed by atoms with Crippen molar-refractivity contribution in [1.29, 1.82) is 0 Å². The van der Waals surface area contributed by atoms with Crippen LogP contribution in [-0.2, 0) is 9.59 Å². The molecule has 104 valence electrons. The lowest BCUT2D eigenvalue weighted by Gasteiger charge is -2.34. The average Bonchev–Trinajstić information content (AvgIpc) is 2.34. The minimum Gasteiger partial charge on any atom is -0.339 e. The monoisotopic (exact) mass is 255 g/mol. The third kappa shape index (κ3) is 5.04. The summed E-state index contributed by atoms with van der Waals surface area (Å²) in [5, 5.41) is 3.30. The molecule has 0 aromatic carbocycles. The third-order valence-corrected chi connectivity index (χ3v) is 3.20. The van der Waals surface area contributed by atoms with Crippen LogP contribution in [0.3, 0.4) is 0 Å². The number of nitrogens with one attached hydrogen (secondary N) is 1. The summed E-state index contributed by atoms with van der Waals surface area (Å²) in [6.07, 6.45) is 1.48. The molecule has 1 heterocycles. The maximum atomic E-state index is 11.9. The molecule has 1 aliphatic rings. The summed E-state index contributed by atoms with van der Waals surface area (Å²) in [5.74, 6) is 0.312. The van der Waals surface area contributed by atoms with Crippen molar-refractivity contribution in [2.24, 2.45) is 0 Å². The van der Waals surface area contributed by atoms with E-state index in [2.05, 4.69) is 19.2 Å². The van der Waals surface area contributed by atoms with Gasteiger partial charge in [-0.1, -0.05) is 13.8 Å². The van der Waals surface area contributed by atoms with Crippen LogP contribution in [0.1, 0.15) is 33.6 Å². The first-order valence-corrected chi connectivity index (χ1v) is 6.77. The maximum absolute atomic E-state index is 11.9. The fourth-order valence-corrected chi connectivity index (χ4v) is 2.06. The molecule has 18 heavy (non-hydrogen) atoms. The quantitative estimate of drug-likeness (QED) is 0.726. The molecule has 0 radical (unpaired) electrons. The molecule has 1 fully saturated rings. The van der Waals surface area contributed by atoms with E-state index >= 15 is 0 Å². The van der Waals surface area contributed by atoms with Crippen molar-refractivity contribution >= 4 is 11.8 Å². The van der Waals surface area contributed by atoms with Gasteiger partial charge in [0.05, 0.1) is 0 Å². The molecule has 0 aliphatic carbocycles. The van der Waals surface area contributed by atoms with Crippen molar-refractivity contribution in [3.8, 4) is 0 Å². The second-order valence-electron chi connectivity index (χ2n) is 5.10. The van der Waals surface area contributed by atoms with Crippen LogP contribution in [0.15, 0.2) is 0 Å². The molecule has 0 aromatic rings. The van der Waals surface area contributed by atoms with Crippen LogP contribution in [0.2, 0.25) is 0 Å². The van der Waals surface area contributed by atoms with E-state index in [0.717, 1.165) is 13.0 Å². The van der Waals surface area contributed by atoms with Crippen molar-refractivity contribution in [3.63, 3.8) is 0 Å². The summed E-state index contributed by atoms with van der Waals surface area (Å²) in [6, 6.07) is 0.471. The van der Waals surface area contributed by atoms with Crippen LogP contribution in [0.25, 0.3) is 0 Å². The lowest BCUT2D eigenvalue weighted by Crippen LogP contribution is -2.50. The van der Waals surface area contributed by atoms with Crippen LogP contribution < -0.4 is 5.32 Å². The van der Waals surface area contributed by atoms with Crippen molar-refractivity contribution < 1.29 is 9.59 Å². The Hall–Kier alpha value is -1.10. The molecule has 0 unspecified atom stereocenters. The summed E-state index contributed by atoms with van der Waals surface area (Å²) in [7, 11) is 0. The molecule has 0 atom stereocenters. The number of hydrogen-bond donors (Lipinski definition) is 1. The van der Waals surface area contributed by atoms with E-state index in [1.165, 1.54) is 0 Å². The molecule has 1 rings (SSSR count). The first-order chi connectivity index (χ1) is 8.50. The first kappa shape index (κ1) is 15.0. The van der Waals surface area contributed by atoms with Crippen LogP contribution in [-0.4, -0.2) is 60.4 Å². The molecule has 1 saturated heterocycles. The van der Waals surface area contributed by atoms with Gasteiger partial charge >= 0.3 is 0 Å². The summed E-state index contributed by atoms with van der Waals surface area (Å²) in [6.45, 7) is 9.36. The molecule has 1 aliphatic heterocycles. The second-order valence-corrected chi connectivity index (χ2v) is 5.10. The normalized spacial score (nSPS) is 16.2. The van der Waals surface area contributed by atoms with Gasteiger partial charge in [-0.25, -0.2) is 0 Å². The molecule has 0 aromatic heterocycles. The third-order valence-electron chi connectivity index (χ3n) is 3.20. The zero-order valence-electron chi connectivity index (χ0n) is 11.7. The van der Waals surface area contributed by atoms with E-state index in [0.29, 0.717) is 38.6 Å². The van der Waals surface area contributed by atoms with Gasteiger partial charge in [0, 0.05) is 45.6 Å². The summed E-state index contributed by atoms with van der Waals surface area (Å²) in [4.78, 5) is 26.7. The van der Waals surface area contributed by atoms with Crippen molar-refractivity contribution in [1.82, 2.24) is 15.1 Å². The predicted octanol–water partition coefficient (Wildman–Crippen LogP) is 0.455. The smallest absolute Gasteiger partial charge is 0.222 e. The Kier molecular flexibility index (Phi) is 6.12.